The Bertz CT molecular complexity index is 427. The Balaban J connectivity index is 2.51. The molecule has 0 aromatic carbocycles. The molecule has 0 atom stereocenters. The fourth-order valence-electron chi connectivity index (χ4n) is 1.08. The fraction of sp³-hybridized carbons (Fsp3) is 0.300. The fourth-order valence-corrected chi connectivity index (χ4v) is 1.29. The molecule has 1 heterocycles. The van der Waals surface area contributed by atoms with E-state index in [-0.39, 0.29) is 11.1 Å². The van der Waals surface area contributed by atoms with Crippen molar-refractivity contribution in [3.05, 3.63) is 22.8 Å². The lowest BCUT2D eigenvalue weighted by Gasteiger charge is -2.06. The first-order valence-corrected chi connectivity index (χ1v) is 5.05. The van der Waals surface area contributed by atoms with Crippen LogP contribution in [-0.2, 0) is 4.79 Å². The predicted molar refractivity (Wildman–Crippen MR) is 61.1 cm³/mol. The number of nitrogens with zero attached hydrogens (tertiary/aromatic N) is 2. The highest BCUT2D eigenvalue weighted by Gasteiger charge is 2.00. The molecule has 0 bridgehead atoms. The van der Waals surface area contributed by atoms with Crippen LogP contribution in [0.4, 0.5) is 5.82 Å². The molecule has 0 unspecified atom stereocenters. The zero-order valence-electron chi connectivity index (χ0n) is 8.75. The molecule has 84 valence electrons. The monoisotopic (exact) mass is 238 g/mol. The minimum Gasteiger partial charge on any atom is -0.368 e. The Labute approximate surface area is 98.4 Å². The average Bonchev–Trinajstić information content (AvgIpc) is 2.23. The van der Waals surface area contributed by atoms with Crippen LogP contribution in [0.25, 0.3) is 0 Å². The zero-order chi connectivity index (χ0) is 12.0. The van der Waals surface area contributed by atoms with Crippen molar-refractivity contribution >= 4 is 23.3 Å². The van der Waals surface area contributed by atoms with Crippen LogP contribution >= 0.6 is 11.6 Å². The van der Waals surface area contributed by atoms with Gasteiger partial charge in [-0.2, -0.15) is 5.26 Å². The number of rotatable bonds is 4. The summed E-state index contributed by atoms with van der Waals surface area (Å²) < 4.78 is 0. The van der Waals surface area contributed by atoms with Gasteiger partial charge in [-0.3, -0.25) is 4.79 Å². The Morgan fingerprint density at radius 1 is 1.56 bits per heavy atom. The first-order valence-electron chi connectivity index (χ1n) is 4.68. The predicted octanol–water partition coefficient (Wildman–Crippen LogP) is 1.15. The van der Waals surface area contributed by atoms with E-state index >= 15 is 0 Å². The molecule has 0 saturated carbocycles. The molecule has 0 saturated heterocycles. The lowest BCUT2D eigenvalue weighted by Crippen LogP contribution is -2.26. The van der Waals surface area contributed by atoms with Gasteiger partial charge in [0.05, 0.1) is 11.6 Å². The van der Waals surface area contributed by atoms with Gasteiger partial charge in [0, 0.05) is 20.0 Å². The molecule has 1 aromatic heterocycles. The Morgan fingerprint density at radius 3 is 2.94 bits per heavy atom. The minimum atomic E-state index is -0.0847. The number of nitrogens with one attached hydrogen (secondary N) is 2. The van der Waals surface area contributed by atoms with E-state index in [0.29, 0.717) is 24.5 Å². The molecule has 0 fully saturated rings. The number of hydrogen-bond acceptors (Lipinski definition) is 4. The van der Waals surface area contributed by atoms with Crippen molar-refractivity contribution in [3.63, 3.8) is 0 Å². The Hall–Kier alpha value is -1.80. The van der Waals surface area contributed by atoms with Crippen LogP contribution in [0.1, 0.15) is 12.5 Å². The van der Waals surface area contributed by atoms with Gasteiger partial charge in [-0.15, -0.1) is 0 Å². The molecule has 0 aliphatic rings. The molecular weight excluding hydrogens is 228 g/mol. The van der Waals surface area contributed by atoms with Gasteiger partial charge >= 0.3 is 0 Å². The van der Waals surface area contributed by atoms with Gasteiger partial charge in [-0.1, -0.05) is 11.6 Å². The second kappa shape index (κ2) is 5.93. The van der Waals surface area contributed by atoms with Crippen LogP contribution in [0.5, 0.6) is 0 Å². The van der Waals surface area contributed by atoms with E-state index in [9.17, 15) is 4.79 Å². The van der Waals surface area contributed by atoms with Gasteiger partial charge < -0.3 is 10.6 Å². The first-order chi connectivity index (χ1) is 7.61. The van der Waals surface area contributed by atoms with Gasteiger partial charge in [0.15, 0.2) is 0 Å². The topological polar surface area (TPSA) is 77.8 Å². The SMILES string of the molecule is CC(=O)NCCNc1cc(C#N)cc(Cl)n1. The van der Waals surface area contributed by atoms with E-state index in [2.05, 4.69) is 15.6 Å². The molecular formula is C10H11ClN4O. The lowest BCUT2D eigenvalue weighted by molar-refractivity contribution is -0.118. The highest BCUT2D eigenvalue weighted by molar-refractivity contribution is 6.29. The highest BCUT2D eigenvalue weighted by Crippen LogP contribution is 2.13. The van der Waals surface area contributed by atoms with Crippen molar-refractivity contribution in [2.75, 3.05) is 18.4 Å². The number of aromatic nitrogens is 1. The molecule has 1 rings (SSSR count). The van der Waals surface area contributed by atoms with E-state index in [1.807, 2.05) is 6.07 Å². The number of carbonyl (C=O) groups is 1. The van der Waals surface area contributed by atoms with Crippen LogP contribution in [0, 0.1) is 11.3 Å². The minimum absolute atomic E-state index is 0.0847. The second-order valence-corrected chi connectivity index (χ2v) is 3.47. The van der Waals surface area contributed by atoms with Gasteiger partial charge in [0.1, 0.15) is 11.0 Å². The third-order valence-electron chi connectivity index (χ3n) is 1.73. The van der Waals surface area contributed by atoms with Crippen molar-refractivity contribution in [2.24, 2.45) is 0 Å². The van der Waals surface area contributed by atoms with Gasteiger partial charge in [-0.25, -0.2) is 4.98 Å². The molecule has 5 nitrogen and oxygen atoms in total. The maximum Gasteiger partial charge on any atom is 0.216 e. The molecule has 1 amide bonds. The summed E-state index contributed by atoms with van der Waals surface area (Å²) in [5, 5.41) is 14.6. The smallest absolute Gasteiger partial charge is 0.216 e. The Morgan fingerprint density at radius 2 is 2.31 bits per heavy atom. The quantitative estimate of drug-likeness (QED) is 0.609. The Kier molecular flexibility index (Phi) is 4.55. The van der Waals surface area contributed by atoms with Crippen LogP contribution in [0.3, 0.4) is 0 Å². The van der Waals surface area contributed by atoms with E-state index in [1.54, 1.807) is 6.07 Å². The van der Waals surface area contributed by atoms with Crippen molar-refractivity contribution in [1.82, 2.24) is 10.3 Å². The molecule has 0 aliphatic heterocycles. The van der Waals surface area contributed by atoms with Crippen molar-refractivity contribution in [2.45, 2.75) is 6.92 Å². The maximum atomic E-state index is 10.6. The third-order valence-corrected chi connectivity index (χ3v) is 1.92. The van der Waals surface area contributed by atoms with Gasteiger partial charge in [0.25, 0.3) is 0 Å². The number of anilines is 1. The molecule has 0 aliphatic carbocycles. The molecule has 1 aromatic rings. The largest absolute Gasteiger partial charge is 0.368 e. The number of hydrogen-bond donors (Lipinski definition) is 2. The lowest BCUT2D eigenvalue weighted by atomic mass is 10.3. The second-order valence-electron chi connectivity index (χ2n) is 3.09. The summed E-state index contributed by atoms with van der Waals surface area (Å²) in [6, 6.07) is 5.07. The van der Waals surface area contributed by atoms with Crippen LogP contribution < -0.4 is 10.6 Å². The maximum absolute atomic E-state index is 10.6. The molecule has 0 spiro atoms. The first kappa shape index (κ1) is 12.3. The molecule has 16 heavy (non-hydrogen) atoms. The van der Waals surface area contributed by atoms with E-state index in [1.165, 1.54) is 13.0 Å². The third kappa shape index (κ3) is 4.15. The van der Waals surface area contributed by atoms with E-state index in [0.717, 1.165) is 0 Å². The molecule has 6 heteroatoms. The highest BCUT2D eigenvalue weighted by atomic mass is 35.5. The van der Waals surface area contributed by atoms with E-state index < -0.39 is 0 Å². The standard InChI is InChI=1S/C10H11ClN4O/c1-7(16)13-2-3-14-10-5-8(6-12)4-9(11)15-10/h4-5H,2-3H2,1H3,(H,13,16)(H,14,15). The number of carbonyl (C=O) groups excluding carboxylic acids is 1. The van der Waals surface area contributed by atoms with Crippen molar-refractivity contribution in [1.29, 1.82) is 5.26 Å². The number of amides is 1. The van der Waals surface area contributed by atoms with Crippen molar-refractivity contribution in [3.8, 4) is 6.07 Å². The number of nitriles is 1. The summed E-state index contributed by atoms with van der Waals surface area (Å²) in [4.78, 5) is 14.6. The average molecular weight is 239 g/mol. The van der Waals surface area contributed by atoms with Gasteiger partial charge in [0.2, 0.25) is 5.91 Å². The normalized spacial score (nSPS) is 9.31. The molecule has 0 radical (unpaired) electrons. The summed E-state index contributed by atoms with van der Waals surface area (Å²) in [6.07, 6.45) is 0. The number of halogens is 1. The summed E-state index contributed by atoms with van der Waals surface area (Å²) >= 11 is 5.72. The van der Waals surface area contributed by atoms with Crippen LogP contribution in [0.15, 0.2) is 12.1 Å². The van der Waals surface area contributed by atoms with Crippen molar-refractivity contribution < 1.29 is 4.79 Å². The summed E-state index contributed by atoms with van der Waals surface area (Å²) in [5.41, 5.74) is 0.446. The summed E-state index contributed by atoms with van der Waals surface area (Å²) in [7, 11) is 0. The zero-order valence-corrected chi connectivity index (χ0v) is 9.51. The summed E-state index contributed by atoms with van der Waals surface area (Å²) in [6.45, 7) is 2.47. The van der Waals surface area contributed by atoms with Crippen LogP contribution in [-0.4, -0.2) is 24.0 Å². The summed E-state index contributed by atoms with van der Waals surface area (Å²) in [5.74, 6) is 0.438. The van der Waals surface area contributed by atoms with Crippen LogP contribution in [0.2, 0.25) is 5.15 Å². The van der Waals surface area contributed by atoms with Gasteiger partial charge in [-0.05, 0) is 12.1 Å². The number of pyridine rings is 1. The van der Waals surface area contributed by atoms with E-state index in [4.69, 9.17) is 16.9 Å². The molecule has 2 N–H and O–H groups in total.